The number of hydrogen-bond donors (Lipinski definition) is 1. The monoisotopic (exact) mass is 286 g/mol. The number of carboxylic acid groups (broad SMARTS) is 1. The fourth-order valence-electron chi connectivity index (χ4n) is 1.07. The lowest BCUT2D eigenvalue weighted by Crippen LogP contribution is -2.23. The number of aliphatic carboxylic acids is 1. The first-order valence-electron chi connectivity index (χ1n) is 3.84. The number of hydrogen-bond acceptors (Lipinski definition) is 2. The summed E-state index contributed by atoms with van der Waals surface area (Å²) in [5, 5.41) is 8.36. The average molecular weight is 287 g/mol. The van der Waals surface area contributed by atoms with Crippen LogP contribution < -0.4 is 0 Å². The van der Waals surface area contributed by atoms with Crippen LogP contribution in [0.4, 0.5) is 13.2 Å². The highest BCUT2D eigenvalue weighted by molar-refractivity contribution is 9.10. The second-order valence-corrected chi connectivity index (χ2v) is 3.62. The molecule has 1 heterocycles. The quantitative estimate of drug-likeness (QED) is 0.929. The van der Waals surface area contributed by atoms with E-state index in [1.165, 1.54) is 6.07 Å². The minimum atomic E-state index is -4.63. The lowest BCUT2D eigenvalue weighted by atomic mass is 10.0. The molecule has 0 fully saturated rings. The zero-order chi connectivity index (χ0) is 11.6. The summed E-state index contributed by atoms with van der Waals surface area (Å²) >= 11 is 2.85. The van der Waals surface area contributed by atoms with Crippen molar-refractivity contribution in [3.8, 4) is 0 Å². The van der Waals surface area contributed by atoms with Crippen molar-refractivity contribution in [2.45, 2.75) is 18.5 Å². The van der Waals surface area contributed by atoms with Crippen LogP contribution >= 0.6 is 15.9 Å². The van der Waals surface area contributed by atoms with E-state index in [0.717, 1.165) is 6.07 Å². The first-order chi connectivity index (χ1) is 6.80. The highest BCUT2D eigenvalue weighted by Gasteiger charge is 2.44. The fourth-order valence-corrected chi connectivity index (χ4v) is 1.39. The van der Waals surface area contributed by atoms with E-state index in [9.17, 15) is 18.0 Å². The molecule has 15 heavy (non-hydrogen) atoms. The van der Waals surface area contributed by atoms with Crippen molar-refractivity contribution in [1.82, 2.24) is 0 Å². The molecule has 1 aromatic rings. The zero-order valence-electron chi connectivity index (χ0n) is 7.21. The second-order valence-electron chi connectivity index (χ2n) is 2.83. The largest absolute Gasteiger partial charge is 0.481 e. The van der Waals surface area contributed by atoms with Crippen LogP contribution in [0.3, 0.4) is 0 Å². The second kappa shape index (κ2) is 4.26. The SMILES string of the molecule is O=C(O)CC(c1ccc(Br)o1)C(F)(F)F. The molecule has 1 atom stereocenters. The predicted octanol–water partition coefficient (Wildman–Crippen LogP) is 3.16. The summed E-state index contributed by atoms with van der Waals surface area (Å²) in [6.07, 6.45) is -5.67. The van der Waals surface area contributed by atoms with Gasteiger partial charge in [0.25, 0.3) is 0 Å². The number of halogens is 4. The van der Waals surface area contributed by atoms with Gasteiger partial charge in [0.15, 0.2) is 4.67 Å². The Kier molecular flexibility index (Phi) is 3.43. The summed E-state index contributed by atoms with van der Waals surface area (Å²) in [7, 11) is 0. The molecular formula is C8H6BrF3O3. The maximum Gasteiger partial charge on any atom is 0.399 e. The Balaban J connectivity index is 2.96. The summed E-state index contributed by atoms with van der Waals surface area (Å²) in [6.45, 7) is 0. The summed E-state index contributed by atoms with van der Waals surface area (Å²) < 4.78 is 42.2. The maximum atomic E-state index is 12.4. The number of carbonyl (C=O) groups is 1. The van der Waals surface area contributed by atoms with Gasteiger partial charge in [-0.3, -0.25) is 4.79 Å². The van der Waals surface area contributed by atoms with Crippen LogP contribution in [0, 0.1) is 0 Å². The summed E-state index contributed by atoms with van der Waals surface area (Å²) in [4.78, 5) is 10.3. The number of carboxylic acids is 1. The Morgan fingerprint density at radius 3 is 2.47 bits per heavy atom. The topological polar surface area (TPSA) is 50.4 Å². The summed E-state index contributed by atoms with van der Waals surface area (Å²) in [5.41, 5.74) is 0. The molecule has 84 valence electrons. The average Bonchev–Trinajstić information content (AvgIpc) is 2.45. The van der Waals surface area contributed by atoms with Crippen LogP contribution in [0.1, 0.15) is 18.1 Å². The molecule has 0 saturated carbocycles. The van der Waals surface area contributed by atoms with Gasteiger partial charge in [-0.1, -0.05) is 0 Å². The molecule has 1 N–H and O–H groups in total. The van der Waals surface area contributed by atoms with Crippen molar-refractivity contribution in [3.63, 3.8) is 0 Å². The molecular weight excluding hydrogens is 281 g/mol. The van der Waals surface area contributed by atoms with Crippen molar-refractivity contribution in [1.29, 1.82) is 0 Å². The van der Waals surface area contributed by atoms with Crippen molar-refractivity contribution in [3.05, 3.63) is 22.6 Å². The van der Waals surface area contributed by atoms with Gasteiger partial charge in [0.1, 0.15) is 11.7 Å². The van der Waals surface area contributed by atoms with E-state index in [-0.39, 0.29) is 4.67 Å². The first kappa shape index (κ1) is 12.1. The standard InChI is InChI=1S/C8H6BrF3O3/c9-6-2-1-5(15-6)4(3-7(13)14)8(10,11)12/h1-2,4H,3H2,(H,13,14). The normalized spacial score (nSPS) is 13.9. The maximum absolute atomic E-state index is 12.4. The molecule has 0 amide bonds. The van der Waals surface area contributed by atoms with E-state index in [0.29, 0.717) is 0 Å². The molecule has 0 aliphatic carbocycles. The van der Waals surface area contributed by atoms with Gasteiger partial charge in [0, 0.05) is 0 Å². The molecule has 0 aliphatic rings. The molecule has 1 rings (SSSR count). The van der Waals surface area contributed by atoms with Gasteiger partial charge in [-0.25, -0.2) is 0 Å². The third kappa shape index (κ3) is 3.26. The molecule has 3 nitrogen and oxygen atoms in total. The van der Waals surface area contributed by atoms with E-state index < -0.39 is 30.2 Å². The Morgan fingerprint density at radius 1 is 1.53 bits per heavy atom. The van der Waals surface area contributed by atoms with Gasteiger partial charge >= 0.3 is 12.1 Å². The highest BCUT2D eigenvalue weighted by atomic mass is 79.9. The van der Waals surface area contributed by atoms with Crippen molar-refractivity contribution < 1.29 is 27.5 Å². The lowest BCUT2D eigenvalue weighted by Gasteiger charge is -2.15. The van der Waals surface area contributed by atoms with Crippen LogP contribution in [-0.4, -0.2) is 17.3 Å². The lowest BCUT2D eigenvalue weighted by molar-refractivity contribution is -0.166. The number of alkyl halides is 3. The minimum absolute atomic E-state index is 0.136. The van der Waals surface area contributed by atoms with E-state index in [1.54, 1.807) is 0 Å². The van der Waals surface area contributed by atoms with Crippen molar-refractivity contribution >= 4 is 21.9 Å². The fraction of sp³-hybridized carbons (Fsp3) is 0.375. The Labute approximate surface area is 91.0 Å². The van der Waals surface area contributed by atoms with Gasteiger partial charge in [0.05, 0.1) is 6.42 Å². The number of furan rings is 1. The predicted molar refractivity (Wildman–Crippen MR) is 47.5 cm³/mol. The molecule has 1 aromatic heterocycles. The summed E-state index contributed by atoms with van der Waals surface area (Å²) in [6, 6.07) is 2.39. The van der Waals surface area contributed by atoms with Gasteiger partial charge in [-0.15, -0.1) is 0 Å². The van der Waals surface area contributed by atoms with Crippen LogP contribution in [-0.2, 0) is 4.79 Å². The molecule has 7 heteroatoms. The van der Waals surface area contributed by atoms with E-state index in [1.807, 2.05) is 0 Å². The molecule has 1 unspecified atom stereocenters. The molecule has 0 aliphatic heterocycles. The Morgan fingerprint density at radius 2 is 2.13 bits per heavy atom. The highest BCUT2D eigenvalue weighted by Crippen LogP contribution is 2.38. The zero-order valence-corrected chi connectivity index (χ0v) is 8.80. The van der Waals surface area contributed by atoms with Gasteiger partial charge in [0.2, 0.25) is 0 Å². The van der Waals surface area contributed by atoms with Crippen LogP contribution in [0.25, 0.3) is 0 Å². The molecule has 0 aromatic carbocycles. The Hall–Kier alpha value is -0.980. The third-order valence-corrected chi connectivity index (χ3v) is 2.14. The number of rotatable bonds is 3. The van der Waals surface area contributed by atoms with Gasteiger partial charge in [-0.2, -0.15) is 13.2 Å². The summed E-state index contributed by atoms with van der Waals surface area (Å²) in [5.74, 6) is -4.04. The van der Waals surface area contributed by atoms with Crippen molar-refractivity contribution in [2.75, 3.05) is 0 Å². The van der Waals surface area contributed by atoms with Crippen molar-refractivity contribution in [2.24, 2.45) is 0 Å². The first-order valence-corrected chi connectivity index (χ1v) is 4.63. The van der Waals surface area contributed by atoms with Crippen LogP contribution in [0.2, 0.25) is 0 Å². The van der Waals surface area contributed by atoms with Gasteiger partial charge in [-0.05, 0) is 28.1 Å². The van der Waals surface area contributed by atoms with E-state index in [2.05, 4.69) is 15.9 Å². The van der Waals surface area contributed by atoms with Crippen LogP contribution in [0.15, 0.2) is 21.2 Å². The smallest absolute Gasteiger partial charge is 0.399 e. The van der Waals surface area contributed by atoms with E-state index in [4.69, 9.17) is 9.52 Å². The minimum Gasteiger partial charge on any atom is -0.481 e. The molecule has 0 radical (unpaired) electrons. The Bertz CT molecular complexity index is 358. The van der Waals surface area contributed by atoms with E-state index >= 15 is 0 Å². The van der Waals surface area contributed by atoms with Gasteiger partial charge < -0.3 is 9.52 Å². The molecule has 0 spiro atoms. The molecule has 0 bridgehead atoms. The van der Waals surface area contributed by atoms with Crippen LogP contribution in [0.5, 0.6) is 0 Å². The molecule has 0 saturated heterocycles. The third-order valence-electron chi connectivity index (χ3n) is 1.71.